The third-order valence-electron chi connectivity index (χ3n) is 0.961. The maximum Gasteiger partial charge on any atom is 0.573 e. The first-order valence-corrected chi connectivity index (χ1v) is 2.90. The molecule has 0 N–H and O–H groups in total. The topological polar surface area (TPSA) is 9.23 Å². The van der Waals surface area contributed by atoms with Crippen LogP contribution in [0.3, 0.4) is 0 Å². The normalized spacial score (nSPS) is 11.3. The van der Waals surface area contributed by atoms with Crippen LogP contribution in [0, 0.1) is 11.9 Å². The molecular weight excluding hydrogens is 176 g/mol. The Balaban J connectivity index is 2.77. The number of halogens is 4. The first-order valence-electron chi connectivity index (χ1n) is 2.90. The van der Waals surface area contributed by atoms with Crippen molar-refractivity contribution < 1.29 is 22.3 Å². The molecule has 5 heteroatoms. The van der Waals surface area contributed by atoms with Crippen molar-refractivity contribution in [3.63, 3.8) is 0 Å². The van der Waals surface area contributed by atoms with Crippen molar-refractivity contribution in [3.05, 3.63) is 30.1 Å². The molecule has 0 bridgehead atoms. The summed E-state index contributed by atoms with van der Waals surface area (Å²) >= 11 is 0. The Kier molecular flexibility index (Phi) is 2.21. The van der Waals surface area contributed by atoms with Crippen molar-refractivity contribution in [2.75, 3.05) is 0 Å². The van der Waals surface area contributed by atoms with E-state index < -0.39 is 17.9 Å². The minimum atomic E-state index is -4.79. The fourth-order valence-electron chi connectivity index (χ4n) is 0.615. The predicted octanol–water partition coefficient (Wildman–Crippen LogP) is 2.52. The summed E-state index contributed by atoms with van der Waals surface area (Å²) in [6.07, 6.45) is -4.79. The summed E-state index contributed by atoms with van der Waals surface area (Å²) in [5.41, 5.74) is 0. The zero-order valence-corrected chi connectivity index (χ0v) is 5.65. The van der Waals surface area contributed by atoms with E-state index in [1.165, 1.54) is 0 Å². The van der Waals surface area contributed by atoms with Gasteiger partial charge in [0.25, 0.3) is 0 Å². The van der Waals surface area contributed by atoms with Crippen LogP contribution in [-0.4, -0.2) is 6.36 Å². The Morgan fingerprint density at radius 1 is 1.25 bits per heavy atom. The quantitative estimate of drug-likeness (QED) is 0.602. The fraction of sp³-hybridized carbons (Fsp3) is 0.143. The summed E-state index contributed by atoms with van der Waals surface area (Å²) in [4.78, 5) is 0. The first kappa shape index (κ1) is 8.83. The van der Waals surface area contributed by atoms with Crippen LogP contribution in [0.2, 0.25) is 0 Å². The molecule has 0 saturated carbocycles. The highest BCUT2D eigenvalue weighted by atomic mass is 19.4. The van der Waals surface area contributed by atoms with Gasteiger partial charge in [0.15, 0.2) is 0 Å². The van der Waals surface area contributed by atoms with Gasteiger partial charge in [0.1, 0.15) is 11.6 Å². The molecule has 0 atom stereocenters. The van der Waals surface area contributed by atoms with Crippen LogP contribution in [0.25, 0.3) is 0 Å². The van der Waals surface area contributed by atoms with Crippen LogP contribution in [-0.2, 0) is 0 Å². The molecule has 0 aromatic heterocycles. The van der Waals surface area contributed by atoms with Crippen molar-refractivity contribution in [3.8, 4) is 5.75 Å². The lowest BCUT2D eigenvalue weighted by atomic mass is 10.3. The molecule has 1 nitrogen and oxygen atoms in total. The molecule has 0 unspecified atom stereocenters. The van der Waals surface area contributed by atoms with Gasteiger partial charge in [-0.1, -0.05) is 0 Å². The van der Waals surface area contributed by atoms with E-state index in [4.69, 9.17) is 0 Å². The van der Waals surface area contributed by atoms with Crippen LogP contribution >= 0.6 is 0 Å². The molecule has 12 heavy (non-hydrogen) atoms. The number of benzene rings is 1. The molecule has 0 spiro atoms. The molecule has 0 saturated heterocycles. The van der Waals surface area contributed by atoms with E-state index in [1.54, 1.807) is 0 Å². The molecule has 0 aliphatic heterocycles. The minimum Gasteiger partial charge on any atom is -0.406 e. The molecule has 0 aliphatic rings. The molecule has 1 rings (SSSR count). The average Bonchev–Trinajstić information content (AvgIpc) is 1.82. The highest BCUT2D eigenvalue weighted by Gasteiger charge is 2.31. The van der Waals surface area contributed by atoms with Crippen LogP contribution in [0.5, 0.6) is 5.75 Å². The van der Waals surface area contributed by atoms with Gasteiger partial charge in [0.05, 0.1) is 0 Å². The Bertz CT molecular complexity index is 268. The van der Waals surface area contributed by atoms with E-state index in [-0.39, 0.29) is 0 Å². The summed E-state index contributed by atoms with van der Waals surface area (Å²) in [6, 6.07) is 4.59. The van der Waals surface area contributed by atoms with Crippen LogP contribution < -0.4 is 4.74 Å². The fourth-order valence-corrected chi connectivity index (χ4v) is 0.615. The second-order valence-electron chi connectivity index (χ2n) is 1.93. The van der Waals surface area contributed by atoms with Crippen LogP contribution in [0.4, 0.5) is 17.6 Å². The van der Waals surface area contributed by atoms with E-state index >= 15 is 0 Å². The monoisotopic (exact) mass is 179 g/mol. The number of ether oxygens (including phenoxy) is 1. The Morgan fingerprint density at radius 3 is 2.42 bits per heavy atom. The SMILES string of the molecule is Fc1c[c]cc(OC(F)(F)F)c1. The summed E-state index contributed by atoms with van der Waals surface area (Å²) < 4.78 is 50.2. The van der Waals surface area contributed by atoms with Crippen LogP contribution in [0.1, 0.15) is 0 Å². The largest absolute Gasteiger partial charge is 0.573 e. The van der Waals surface area contributed by atoms with Gasteiger partial charge in [-0.25, -0.2) is 4.39 Å². The maximum absolute atomic E-state index is 12.3. The number of hydrogen-bond donors (Lipinski definition) is 0. The van der Waals surface area contributed by atoms with Gasteiger partial charge in [-0.2, -0.15) is 0 Å². The Hall–Kier alpha value is -1.26. The van der Waals surface area contributed by atoms with Crippen molar-refractivity contribution in [2.24, 2.45) is 0 Å². The van der Waals surface area contributed by atoms with Gasteiger partial charge in [0.2, 0.25) is 0 Å². The highest BCUT2D eigenvalue weighted by Crippen LogP contribution is 2.22. The van der Waals surface area contributed by atoms with E-state index in [9.17, 15) is 17.6 Å². The molecule has 1 aromatic carbocycles. The van der Waals surface area contributed by atoms with Gasteiger partial charge in [0, 0.05) is 6.07 Å². The Morgan fingerprint density at radius 2 is 1.92 bits per heavy atom. The third-order valence-corrected chi connectivity index (χ3v) is 0.961. The summed E-state index contributed by atoms with van der Waals surface area (Å²) in [5, 5.41) is 0. The number of alkyl halides is 3. The van der Waals surface area contributed by atoms with Crippen molar-refractivity contribution in [1.82, 2.24) is 0 Å². The van der Waals surface area contributed by atoms with Crippen molar-refractivity contribution >= 4 is 0 Å². The average molecular weight is 179 g/mol. The first-order chi connectivity index (χ1) is 5.47. The molecule has 1 radical (unpaired) electrons. The van der Waals surface area contributed by atoms with E-state index in [0.717, 1.165) is 12.1 Å². The smallest absolute Gasteiger partial charge is 0.406 e. The lowest BCUT2D eigenvalue weighted by Crippen LogP contribution is -2.17. The van der Waals surface area contributed by atoms with Crippen molar-refractivity contribution in [1.29, 1.82) is 0 Å². The molecule has 0 heterocycles. The van der Waals surface area contributed by atoms with Crippen LogP contribution in [0.15, 0.2) is 18.2 Å². The third kappa shape index (κ3) is 2.77. The minimum absolute atomic E-state index is 0.609. The zero-order chi connectivity index (χ0) is 9.19. The highest BCUT2D eigenvalue weighted by molar-refractivity contribution is 5.21. The van der Waals surface area contributed by atoms with Gasteiger partial charge < -0.3 is 4.74 Å². The molecule has 65 valence electrons. The second kappa shape index (κ2) is 3.00. The standard InChI is InChI=1S/C7H3F4O/c8-5-2-1-3-6(4-5)12-7(9,10)11/h2-4H. The number of hydrogen-bond acceptors (Lipinski definition) is 1. The molecule has 0 amide bonds. The predicted molar refractivity (Wildman–Crippen MR) is 31.9 cm³/mol. The van der Waals surface area contributed by atoms with Crippen molar-refractivity contribution in [2.45, 2.75) is 6.36 Å². The second-order valence-corrected chi connectivity index (χ2v) is 1.93. The number of rotatable bonds is 1. The maximum atomic E-state index is 12.3. The molecular formula is C7H3F4O. The summed E-state index contributed by atoms with van der Waals surface area (Å²) in [6.45, 7) is 0. The molecule has 0 aliphatic carbocycles. The summed E-state index contributed by atoms with van der Waals surface area (Å²) in [7, 11) is 0. The van der Waals surface area contributed by atoms with Gasteiger partial charge in [-0.15, -0.1) is 13.2 Å². The lowest BCUT2D eigenvalue weighted by Gasteiger charge is -2.07. The molecule has 0 fully saturated rings. The van der Waals surface area contributed by atoms with Gasteiger partial charge in [-0.3, -0.25) is 0 Å². The molecule has 1 aromatic rings. The van der Waals surface area contributed by atoms with E-state index in [0.29, 0.717) is 6.07 Å². The summed E-state index contributed by atoms with van der Waals surface area (Å²) in [5.74, 6) is -1.43. The zero-order valence-electron chi connectivity index (χ0n) is 5.65. The van der Waals surface area contributed by atoms with E-state index in [2.05, 4.69) is 10.8 Å². The van der Waals surface area contributed by atoms with Gasteiger partial charge >= 0.3 is 6.36 Å². The Labute approximate surface area is 65.6 Å². The van der Waals surface area contributed by atoms with Gasteiger partial charge in [-0.05, 0) is 18.2 Å². The van der Waals surface area contributed by atoms with E-state index in [1.807, 2.05) is 0 Å². The lowest BCUT2D eigenvalue weighted by molar-refractivity contribution is -0.274.